The maximum atomic E-state index is 9.50. The number of carbonyl (C=O) groups is 2. The molecule has 0 spiro atoms. The van der Waals surface area contributed by atoms with Crippen LogP contribution in [-0.2, 0) is 0 Å². The molecule has 40 valence electrons. The fraction of sp³-hybridized carbons (Fsp3) is 0. The standard InChI is InChI=1S/2CHO2.Sb.H/c2*2-1-3;;/h2*(H,2,3);;. The van der Waals surface area contributed by atoms with Gasteiger partial charge in [-0.2, -0.15) is 0 Å². The summed E-state index contributed by atoms with van der Waals surface area (Å²) in [7, 11) is 0. The Balaban J connectivity index is 3.32. The third-order valence-corrected chi connectivity index (χ3v) is 1.43. The van der Waals surface area contributed by atoms with Crippen molar-refractivity contribution in [3.8, 4) is 0 Å². The summed E-state index contributed by atoms with van der Waals surface area (Å²) in [6.45, 7) is 0. The summed E-state index contributed by atoms with van der Waals surface area (Å²) >= 11 is -2.13. The molecule has 0 aliphatic rings. The van der Waals surface area contributed by atoms with Crippen molar-refractivity contribution in [2.24, 2.45) is 0 Å². The van der Waals surface area contributed by atoms with Gasteiger partial charge in [-0.25, -0.2) is 0 Å². The summed E-state index contributed by atoms with van der Waals surface area (Å²) in [5, 5.41) is 15.6. The summed E-state index contributed by atoms with van der Waals surface area (Å²) in [4.78, 5) is 19.0. The van der Waals surface area contributed by atoms with E-state index < -0.39 is 29.4 Å². The summed E-state index contributed by atoms with van der Waals surface area (Å²) in [6.07, 6.45) is 0. The molecule has 0 fully saturated rings. The molecule has 4 nitrogen and oxygen atoms in total. The van der Waals surface area contributed by atoms with Crippen LogP contribution in [0, 0.1) is 0 Å². The van der Waals surface area contributed by atoms with Gasteiger partial charge in [0, 0.05) is 0 Å². The normalized spacial score (nSPS) is 8.00. The van der Waals surface area contributed by atoms with Gasteiger partial charge in [-0.3, -0.25) is 0 Å². The Morgan fingerprint density at radius 3 is 1.43 bits per heavy atom. The van der Waals surface area contributed by atoms with Gasteiger partial charge in [-0.15, -0.1) is 0 Å². The van der Waals surface area contributed by atoms with Crippen LogP contribution in [-0.4, -0.2) is 39.7 Å². The Hall–Kier alpha value is -0.242. The molecule has 0 aliphatic carbocycles. The monoisotopic (exact) mass is 212 g/mol. The van der Waals surface area contributed by atoms with Crippen molar-refractivity contribution < 1.29 is 19.8 Å². The molecule has 0 rings (SSSR count). The van der Waals surface area contributed by atoms with Crippen molar-refractivity contribution in [3.05, 3.63) is 0 Å². The Bertz CT molecular complexity index is 85.9. The fourth-order valence-corrected chi connectivity index (χ4v) is 0.614. The van der Waals surface area contributed by atoms with E-state index in [4.69, 9.17) is 10.2 Å². The molecule has 5 heteroatoms. The summed E-state index contributed by atoms with van der Waals surface area (Å²) in [5.41, 5.74) is 0. The van der Waals surface area contributed by atoms with Crippen molar-refractivity contribution in [3.63, 3.8) is 0 Å². The van der Waals surface area contributed by atoms with Crippen molar-refractivity contribution in [2.45, 2.75) is 0 Å². The van der Waals surface area contributed by atoms with E-state index in [1.165, 1.54) is 0 Å². The van der Waals surface area contributed by atoms with Gasteiger partial charge in [0.15, 0.2) is 0 Å². The van der Waals surface area contributed by atoms with Crippen LogP contribution >= 0.6 is 0 Å². The summed E-state index contributed by atoms with van der Waals surface area (Å²) in [6, 6.07) is 0. The van der Waals surface area contributed by atoms with Crippen LogP contribution in [0.4, 0.5) is 9.59 Å². The van der Waals surface area contributed by atoms with Crippen LogP contribution < -0.4 is 0 Å². The first kappa shape index (κ1) is 6.76. The van der Waals surface area contributed by atoms with E-state index in [0.717, 1.165) is 0 Å². The van der Waals surface area contributed by atoms with E-state index >= 15 is 0 Å². The Labute approximate surface area is 49.7 Å². The maximum absolute atomic E-state index is 9.50. The second kappa shape index (κ2) is 2.85. The van der Waals surface area contributed by atoms with E-state index in [1.54, 1.807) is 0 Å². The second-order valence-corrected chi connectivity index (χ2v) is 3.89. The van der Waals surface area contributed by atoms with Crippen molar-refractivity contribution in [1.29, 1.82) is 0 Å². The number of hydrogen-bond donors (Lipinski definition) is 2. The third-order valence-electron chi connectivity index (χ3n) is 0.214. The van der Waals surface area contributed by atoms with Crippen LogP contribution in [0.5, 0.6) is 0 Å². The predicted octanol–water partition coefficient (Wildman–Crippen LogP) is -0.221. The Morgan fingerprint density at radius 1 is 1.14 bits per heavy atom. The van der Waals surface area contributed by atoms with E-state index in [9.17, 15) is 9.59 Å². The van der Waals surface area contributed by atoms with Crippen molar-refractivity contribution in [1.82, 2.24) is 0 Å². The zero-order chi connectivity index (χ0) is 5.86. The van der Waals surface area contributed by atoms with Crippen LogP contribution in [0.2, 0.25) is 0 Å². The SMILES string of the molecule is O=[C](O)[SbH][C](=O)O. The molecule has 2 N–H and O–H groups in total. The van der Waals surface area contributed by atoms with Crippen LogP contribution in [0.3, 0.4) is 0 Å². The average Bonchev–Trinajstić information content (AvgIpc) is 1.27. The summed E-state index contributed by atoms with van der Waals surface area (Å²) in [5.74, 6) is 0. The van der Waals surface area contributed by atoms with Crippen LogP contribution in [0.15, 0.2) is 0 Å². The van der Waals surface area contributed by atoms with Gasteiger partial charge in [0.25, 0.3) is 0 Å². The van der Waals surface area contributed by atoms with Gasteiger partial charge in [-0.1, -0.05) is 0 Å². The van der Waals surface area contributed by atoms with Gasteiger partial charge in [-0.05, 0) is 0 Å². The van der Waals surface area contributed by atoms with Crippen molar-refractivity contribution in [2.75, 3.05) is 0 Å². The zero-order valence-corrected chi connectivity index (χ0v) is 6.07. The topological polar surface area (TPSA) is 74.6 Å². The molecular formula is C2H3O4Sb. The van der Waals surface area contributed by atoms with Crippen LogP contribution in [0.25, 0.3) is 0 Å². The van der Waals surface area contributed by atoms with E-state index in [-0.39, 0.29) is 0 Å². The zero-order valence-electron chi connectivity index (χ0n) is 3.21. The predicted molar refractivity (Wildman–Crippen MR) is 23.2 cm³/mol. The molecule has 7 heavy (non-hydrogen) atoms. The first-order valence-electron chi connectivity index (χ1n) is 1.36. The second-order valence-electron chi connectivity index (χ2n) is 0.735. The van der Waals surface area contributed by atoms with Gasteiger partial charge < -0.3 is 0 Å². The van der Waals surface area contributed by atoms with E-state index in [2.05, 4.69) is 0 Å². The van der Waals surface area contributed by atoms with E-state index in [1.807, 2.05) is 0 Å². The average molecular weight is 213 g/mol. The minimum atomic E-state index is -2.13. The molecule has 0 atom stereocenters. The van der Waals surface area contributed by atoms with Gasteiger partial charge in [0.05, 0.1) is 0 Å². The molecule has 0 aromatic rings. The molecule has 0 radical (unpaired) electrons. The molecule has 0 unspecified atom stereocenters. The van der Waals surface area contributed by atoms with Crippen LogP contribution in [0.1, 0.15) is 0 Å². The fourth-order valence-electron chi connectivity index (χ4n) is 0.0915. The minimum absolute atomic E-state index is 1.14. The van der Waals surface area contributed by atoms with E-state index in [0.29, 0.717) is 0 Å². The molecule has 0 aromatic heterocycles. The third kappa shape index (κ3) is 5.76. The Kier molecular flexibility index (Phi) is 2.76. The molecule has 0 aromatic carbocycles. The molecule has 0 bridgehead atoms. The Morgan fingerprint density at radius 2 is 1.43 bits per heavy atom. The molecule has 0 aliphatic heterocycles. The molecular weight excluding hydrogens is 210 g/mol. The summed E-state index contributed by atoms with van der Waals surface area (Å²) < 4.78 is -2.28. The quantitative estimate of drug-likeness (QED) is 0.621. The molecule has 0 saturated heterocycles. The van der Waals surface area contributed by atoms with Gasteiger partial charge in [0.2, 0.25) is 0 Å². The first-order valence-corrected chi connectivity index (χ1v) is 4.21. The number of hydrogen-bond acceptors (Lipinski definition) is 2. The molecule has 0 saturated carbocycles. The number of carboxylic acid groups (broad SMARTS) is 2. The molecule has 0 amide bonds. The van der Waals surface area contributed by atoms with Gasteiger partial charge in [0.1, 0.15) is 0 Å². The van der Waals surface area contributed by atoms with Crippen molar-refractivity contribution >= 4 is 29.4 Å². The first-order chi connectivity index (χ1) is 3.13. The number of rotatable bonds is 2. The van der Waals surface area contributed by atoms with Gasteiger partial charge >= 0.3 is 49.2 Å². The molecule has 0 heterocycles.